The third kappa shape index (κ3) is 5.13. The number of nitrogens with zero attached hydrogens (tertiary/aromatic N) is 7. The summed E-state index contributed by atoms with van der Waals surface area (Å²) in [7, 11) is 1.68. The van der Waals surface area contributed by atoms with Gasteiger partial charge in [0.2, 0.25) is 5.16 Å². The molecule has 2 aromatic rings. The zero-order valence-corrected chi connectivity index (χ0v) is 21.0. The van der Waals surface area contributed by atoms with Crippen LogP contribution in [0.25, 0.3) is 0 Å². The van der Waals surface area contributed by atoms with Crippen molar-refractivity contribution in [2.45, 2.75) is 29.9 Å². The number of carbonyl (C=O) groups is 3. The summed E-state index contributed by atoms with van der Waals surface area (Å²) in [6.45, 7) is 2.17. The standard InChI is InChI=1S/C20H23N9O5S2/c1-3-7-34-25-13(11-5-4-6-12(21)22-11)16(30)23-14-17(31)29-15(19(32)33)10(8-35-18(14)29)9-36-20-24-26-27-28(20)2/h4-6,14,18H,3,7-9H2,1-2H3,(H2,21,22)(H,23,30)(H,32,33)/b25-13-/t14?,18-/m1/s1. The molecule has 0 aromatic carbocycles. The number of fused-ring (bicyclic) bond motifs is 1. The van der Waals surface area contributed by atoms with Crippen LogP contribution in [0.5, 0.6) is 0 Å². The summed E-state index contributed by atoms with van der Waals surface area (Å²) in [6.07, 6.45) is 0.676. The summed E-state index contributed by atoms with van der Waals surface area (Å²) in [4.78, 5) is 48.7. The molecule has 2 amide bonds. The second-order valence-corrected chi connectivity index (χ2v) is 9.76. The lowest BCUT2D eigenvalue weighted by molar-refractivity contribution is -0.150. The van der Waals surface area contributed by atoms with Crippen LogP contribution in [0.1, 0.15) is 19.0 Å². The van der Waals surface area contributed by atoms with Crippen molar-refractivity contribution >= 4 is 52.8 Å². The topological polar surface area (TPSA) is 191 Å². The van der Waals surface area contributed by atoms with Gasteiger partial charge < -0.3 is 21.0 Å². The number of hydrogen-bond donors (Lipinski definition) is 3. The lowest BCUT2D eigenvalue weighted by Gasteiger charge is -2.49. The summed E-state index contributed by atoms with van der Waals surface area (Å²) >= 11 is 2.63. The average molecular weight is 534 g/mol. The summed E-state index contributed by atoms with van der Waals surface area (Å²) in [5, 5.41) is 27.5. The van der Waals surface area contributed by atoms with Crippen molar-refractivity contribution in [1.29, 1.82) is 0 Å². The van der Waals surface area contributed by atoms with Crippen LogP contribution in [0.4, 0.5) is 5.82 Å². The van der Waals surface area contributed by atoms with E-state index in [4.69, 9.17) is 10.6 Å². The van der Waals surface area contributed by atoms with Crippen LogP contribution in [0, 0.1) is 0 Å². The molecule has 4 N–H and O–H groups in total. The molecule has 0 saturated carbocycles. The number of amides is 2. The fraction of sp³-hybridized carbons (Fsp3) is 0.400. The fourth-order valence-corrected chi connectivity index (χ4v) is 5.82. The smallest absolute Gasteiger partial charge is 0.352 e. The molecule has 2 atom stereocenters. The van der Waals surface area contributed by atoms with Crippen molar-refractivity contribution < 1.29 is 24.3 Å². The van der Waals surface area contributed by atoms with Crippen LogP contribution in [0.15, 0.2) is 39.8 Å². The van der Waals surface area contributed by atoms with Gasteiger partial charge in [0.05, 0.1) is 0 Å². The second-order valence-electron chi connectivity index (χ2n) is 7.71. The van der Waals surface area contributed by atoms with Crippen molar-refractivity contribution in [3.8, 4) is 0 Å². The van der Waals surface area contributed by atoms with E-state index >= 15 is 0 Å². The minimum Gasteiger partial charge on any atom is -0.477 e. The molecule has 0 bridgehead atoms. The highest BCUT2D eigenvalue weighted by atomic mass is 32.2. The normalized spacial score (nSPS) is 19.6. The highest BCUT2D eigenvalue weighted by Gasteiger charge is 2.54. The van der Waals surface area contributed by atoms with Gasteiger partial charge >= 0.3 is 5.97 Å². The molecule has 190 valence electrons. The fourth-order valence-electron chi connectivity index (χ4n) is 3.49. The van der Waals surface area contributed by atoms with Crippen molar-refractivity contribution in [2.75, 3.05) is 23.8 Å². The number of rotatable bonds is 10. The van der Waals surface area contributed by atoms with Gasteiger partial charge in [0.15, 0.2) is 5.71 Å². The van der Waals surface area contributed by atoms with Gasteiger partial charge in [-0.05, 0) is 34.6 Å². The van der Waals surface area contributed by atoms with Crippen LogP contribution in [-0.4, -0.2) is 88.2 Å². The van der Waals surface area contributed by atoms with Gasteiger partial charge in [-0.1, -0.05) is 29.9 Å². The number of carbonyl (C=O) groups excluding carboxylic acids is 2. The first-order chi connectivity index (χ1) is 17.3. The van der Waals surface area contributed by atoms with E-state index in [0.717, 1.165) is 0 Å². The molecule has 1 saturated heterocycles. The number of aliphatic carboxylic acids is 1. The van der Waals surface area contributed by atoms with E-state index in [0.29, 0.717) is 28.7 Å². The van der Waals surface area contributed by atoms with Crippen molar-refractivity contribution in [2.24, 2.45) is 12.2 Å². The predicted molar refractivity (Wildman–Crippen MR) is 131 cm³/mol. The van der Waals surface area contributed by atoms with E-state index < -0.39 is 29.2 Å². The Balaban J connectivity index is 1.50. The van der Waals surface area contributed by atoms with E-state index in [-0.39, 0.29) is 29.5 Å². The van der Waals surface area contributed by atoms with Gasteiger partial charge in [-0.2, -0.15) is 0 Å². The number of carboxylic acid groups (broad SMARTS) is 1. The van der Waals surface area contributed by atoms with E-state index in [1.54, 1.807) is 25.2 Å². The van der Waals surface area contributed by atoms with Gasteiger partial charge in [0.25, 0.3) is 11.8 Å². The maximum Gasteiger partial charge on any atom is 0.352 e. The Bertz CT molecular complexity index is 1250. The number of β-lactam (4-membered cyclic amide) rings is 1. The van der Waals surface area contributed by atoms with E-state index in [1.165, 1.54) is 33.1 Å². The monoisotopic (exact) mass is 533 g/mol. The first-order valence-electron chi connectivity index (χ1n) is 10.8. The third-order valence-corrected chi connectivity index (χ3v) is 7.61. The average Bonchev–Trinajstić information content (AvgIpc) is 3.27. The maximum absolute atomic E-state index is 13.1. The van der Waals surface area contributed by atoms with Gasteiger partial charge in [-0.3, -0.25) is 14.5 Å². The lowest BCUT2D eigenvalue weighted by Crippen LogP contribution is -2.71. The van der Waals surface area contributed by atoms with Crippen LogP contribution in [-0.2, 0) is 26.3 Å². The van der Waals surface area contributed by atoms with Crippen LogP contribution in [0.2, 0.25) is 0 Å². The number of nitrogen functional groups attached to an aromatic ring is 1. The highest BCUT2D eigenvalue weighted by molar-refractivity contribution is 8.01. The number of pyridine rings is 1. The number of hydrogen-bond acceptors (Lipinski definition) is 12. The Labute approximate surface area is 213 Å². The predicted octanol–water partition coefficient (Wildman–Crippen LogP) is -0.151. The Morgan fingerprint density at radius 3 is 2.89 bits per heavy atom. The van der Waals surface area contributed by atoms with Crippen LogP contribution < -0.4 is 11.1 Å². The number of aromatic nitrogens is 5. The largest absolute Gasteiger partial charge is 0.477 e. The number of aryl methyl sites for hydroxylation is 1. The van der Waals surface area contributed by atoms with Crippen molar-refractivity contribution in [3.63, 3.8) is 0 Å². The summed E-state index contributed by atoms with van der Waals surface area (Å²) in [5.74, 6) is -1.59. The molecule has 0 aliphatic carbocycles. The van der Waals surface area contributed by atoms with Crippen LogP contribution in [0.3, 0.4) is 0 Å². The quantitative estimate of drug-likeness (QED) is 0.120. The molecule has 4 rings (SSSR count). The molecule has 0 radical (unpaired) electrons. The molecule has 4 heterocycles. The van der Waals surface area contributed by atoms with Gasteiger partial charge in [0, 0.05) is 18.6 Å². The number of thioether (sulfide) groups is 2. The highest BCUT2D eigenvalue weighted by Crippen LogP contribution is 2.41. The Morgan fingerprint density at radius 2 is 2.22 bits per heavy atom. The third-order valence-electron chi connectivity index (χ3n) is 5.17. The lowest BCUT2D eigenvalue weighted by atomic mass is 10.0. The molecule has 36 heavy (non-hydrogen) atoms. The van der Waals surface area contributed by atoms with Crippen molar-refractivity contribution in [1.82, 2.24) is 35.4 Å². The minimum absolute atomic E-state index is 0.0884. The number of nitrogens with two attached hydrogens (primary N) is 1. The van der Waals surface area contributed by atoms with E-state index in [2.05, 4.69) is 31.0 Å². The molecule has 14 nitrogen and oxygen atoms in total. The molecule has 2 aliphatic rings. The second kappa shape index (κ2) is 10.9. The van der Waals surface area contributed by atoms with Gasteiger partial charge in [-0.15, -0.1) is 16.9 Å². The molecule has 16 heteroatoms. The van der Waals surface area contributed by atoms with Crippen LogP contribution >= 0.6 is 23.5 Å². The van der Waals surface area contributed by atoms with Crippen molar-refractivity contribution in [3.05, 3.63) is 35.2 Å². The number of carboxylic acids is 1. The number of nitrogens with one attached hydrogen (secondary N) is 1. The van der Waals surface area contributed by atoms with Gasteiger partial charge in [0.1, 0.15) is 35.2 Å². The summed E-state index contributed by atoms with van der Waals surface area (Å²) < 4.78 is 1.48. The van der Waals surface area contributed by atoms with Gasteiger partial charge in [-0.25, -0.2) is 14.5 Å². The van der Waals surface area contributed by atoms with E-state index in [9.17, 15) is 19.5 Å². The SMILES string of the molecule is CCCO/N=C(\C(=O)NC1C(=O)N2C(C(=O)O)=C(CSc3nnnn3C)CS[C@H]12)c1cccc(N)n1. The Kier molecular flexibility index (Phi) is 7.73. The molecule has 1 unspecified atom stereocenters. The maximum atomic E-state index is 13.1. The molecule has 0 spiro atoms. The molecular formula is C20H23N9O5S2. The Morgan fingerprint density at radius 1 is 1.42 bits per heavy atom. The number of anilines is 1. The zero-order chi connectivity index (χ0) is 25.8. The zero-order valence-electron chi connectivity index (χ0n) is 19.3. The Hall–Kier alpha value is -3.66. The van der Waals surface area contributed by atoms with E-state index in [1.807, 2.05) is 6.92 Å². The summed E-state index contributed by atoms with van der Waals surface area (Å²) in [5.41, 5.74) is 6.27. The first kappa shape index (κ1) is 25.4. The molecule has 1 fully saturated rings. The molecule has 2 aliphatic heterocycles. The first-order valence-corrected chi connectivity index (χ1v) is 12.8. The number of oxime groups is 1. The summed E-state index contributed by atoms with van der Waals surface area (Å²) in [6, 6.07) is 3.80. The molecule has 2 aromatic heterocycles. The number of tetrazole rings is 1. The minimum atomic E-state index is -1.22. The molecular weight excluding hydrogens is 510 g/mol.